The van der Waals surface area contributed by atoms with Crippen LogP contribution in [0, 0.1) is 18.6 Å². The molecule has 1 heterocycles. The van der Waals surface area contributed by atoms with Crippen molar-refractivity contribution < 1.29 is 27.8 Å². The van der Waals surface area contributed by atoms with Crippen LogP contribution in [0.1, 0.15) is 38.8 Å². The highest BCUT2D eigenvalue weighted by molar-refractivity contribution is 6.01. The summed E-state index contributed by atoms with van der Waals surface area (Å²) in [5.74, 6) is -2.11. The fourth-order valence-electron chi connectivity index (χ4n) is 3.17. The third-order valence-electron chi connectivity index (χ3n) is 4.75. The first-order valence-corrected chi connectivity index (χ1v) is 9.95. The number of nitrogens with one attached hydrogen (secondary N) is 1. The molecule has 0 aromatic heterocycles. The highest BCUT2D eigenvalue weighted by atomic mass is 19.1. The lowest BCUT2D eigenvalue weighted by atomic mass is 10.1. The molecule has 1 unspecified atom stereocenters. The molecular weight excluding hydrogens is 406 g/mol. The molecule has 6 nitrogen and oxygen atoms in total. The van der Waals surface area contributed by atoms with E-state index in [0.717, 1.165) is 0 Å². The Hall–Kier alpha value is -3.00. The molecule has 0 saturated heterocycles. The number of fused-ring (bicyclic) bond motifs is 1. The van der Waals surface area contributed by atoms with E-state index in [9.17, 15) is 14.0 Å². The number of hydrogen-bond acceptors (Lipinski definition) is 4. The number of carbonyl (C=O) groups excluding carboxylic acids is 2. The summed E-state index contributed by atoms with van der Waals surface area (Å²) in [6, 6.07) is 7.32. The van der Waals surface area contributed by atoms with E-state index in [0.29, 0.717) is 11.1 Å². The minimum Gasteiger partial charge on any atom is -0.476 e. The van der Waals surface area contributed by atoms with Gasteiger partial charge in [0.05, 0.1) is 23.5 Å². The van der Waals surface area contributed by atoms with Crippen molar-refractivity contribution in [2.45, 2.75) is 52.9 Å². The number of rotatable bonds is 5. The zero-order valence-corrected chi connectivity index (χ0v) is 18.2. The standard InChI is InChI=1S/C23H26F2N2O4/c1-13-10-17-21(19(25)20(13)26-18(28)12-30-23(3,4)5)31-14(2)22(29)27(17)11-15-6-8-16(24)9-7-15/h6-10,14H,11-12H2,1-5H3,(H,26,28). The topological polar surface area (TPSA) is 67.9 Å². The van der Waals surface area contributed by atoms with Gasteiger partial charge in [-0.25, -0.2) is 8.78 Å². The summed E-state index contributed by atoms with van der Waals surface area (Å²) in [6.07, 6.45) is -0.919. The number of ether oxygens (including phenoxy) is 2. The second kappa shape index (κ2) is 8.63. The molecule has 0 saturated carbocycles. The van der Waals surface area contributed by atoms with Gasteiger partial charge in [0, 0.05) is 0 Å². The average molecular weight is 432 g/mol. The number of carbonyl (C=O) groups is 2. The van der Waals surface area contributed by atoms with Crippen LogP contribution in [0.3, 0.4) is 0 Å². The summed E-state index contributed by atoms with van der Waals surface area (Å²) < 4.78 is 39.5. The first-order chi connectivity index (χ1) is 14.5. The van der Waals surface area contributed by atoms with Crippen molar-refractivity contribution in [3.05, 3.63) is 53.1 Å². The summed E-state index contributed by atoms with van der Waals surface area (Å²) in [7, 11) is 0. The molecule has 1 atom stereocenters. The van der Waals surface area contributed by atoms with E-state index in [1.54, 1.807) is 25.1 Å². The highest BCUT2D eigenvalue weighted by Gasteiger charge is 2.35. The van der Waals surface area contributed by atoms with Gasteiger partial charge in [-0.3, -0.25) is 9.59 Å². The fourth-order valence-corrected chi connectivity index (χ4v) is 3.17. The third kappa shape index (κ3) is 5.19. The van der Waals surface area contributed by atoms with Crippen LogP contribution in [0.25, 0.3) is 0 Å². The van der Waals surface area contributed by atoms with Gasteiger partial charge < -0.3 is 19.7 Å². The van der Waals surface area contributed by atoms with Crippen molar-refractivity contribution in [2.24, 2.45) is 0 Å². The molecule has 31 heavy (non-hydrogen) atoms. The molecule has 0 radical (unpaired) electrons. The first kappa shape index (κ1) is 22.7. The molecule has 0 spiro atoms. The van der Waals surface area contributed by atoms with E-state index >= 15 is 4.39 Å². The number of halogens is 2. The second-order valence-electron chi connectivity index (χ2n) is 8.49. The quantitative estimate of drug-likeness (QED) is 0.763. The van der Waals surface area contributed by atoms with E-state index in [1.165, 1.54) is 24.0 Å². The van der Waals surface area contributed by atoms with Crippen molar-refractivity contribution in [1.29, 1.82) is 0 Å². The minimum atomic E-state index is -0.919. The van der Waals surface area contributed by atoms with E-state index in [2.05, 4.69) is 5.32 Å². The number of aryl methyl sites for hydroxylation is 1. The molecule has 8 heteroatoms. The third-order valence-corrected chi connectivity index (χ3v) is 4.75. The van der Waals surface area contributed by atoms with Crippen LogP contribution in [0.4, 0.5) is 20.2 Å². The summed E-state index contributed by atoms with van der Waals surface area (Å²) in [5.41, 5.74) is 0.830. The molecule has 1 N–H and O–H groups in total. The van der Waals surface area contributed by atoms with Crippen LogP contribution in [0.15, 0.2) is 30.3 Å². The van der Waals surface area contributed by atoms with Gasteiger partial charge in [0.25, 0.3) is 5.91 Å². The maximum Gasteiger partial charge on any atom is 0.268 e. The Morgan fingerprint density at radius 3 is 2.48 bits per heavy atom. The van der Waals surface area contributed by atoms with Gasteiger partial charge in [0.2, 0.25) is 5.91 Å². The van der Waals surface area contributed by atoms with Crippen LogP contribution in [-0.2, 0) is 20.9 Å². The van der Waals surface area contributed by atoms with Gasteiger partial charge in [0.1, 0.15) is 12.4 Å². The van der Waals surface area contributed by atoms with Gasteiger partial charge in [-0.15, -0.1) is 0 Å². The second-order valence-corrected chi connectivity index (χ2v) is 8.49. The lowest BCUT2D eigenvalue weighted by molar-refractivity contribution is -0.126. The molecule has 0 fully saturated rings. The predicted octanol–water partition coefficient (Wildman–Crippen LogP) is 4.34. The number of anilines is 2. The number of amides is 2. The van der Waals surface area contributed by atoms with Crippen molar-refractivity contribution >= 4 is 23.2 Å². The molecule has 1 aliphatic rings. The lowest BCUT2D eigenvalue weighted by Crippen LogP contribution is -2.44. The Bertz CT molecular complexity index is 1000. The van der Waals surface area contributed by atoms with Crippen LogP contribution in [0.2, 0.25) is 0 Å². The molecular formula is C23H26F2N2O4. The first-order valence-electron chi connectivity index (χ1n) is 9.95. The molecule has 3 rings (SSSR count). The zero-order valence-electron chi connectivity index (χ0n) is 18.2. The highest BCUT2D eigenvalue weighted by Crippen LogP contribution is 2.42. The van der Waals surface area contributed by atoms with Crippen molar-refractivity contribution in [3.63, 3.8) is 0 Å². The van der Waals surface area contributed by atoms with Crippen LogP contribution < -0.4 is 15.0 Å². The van der Waals surface area contributed by atoms with Crippen molar-refractivity contribution in [1.82, 2.24) is 0 Å². The smallest absolute Gasteiger partial charge is 0.268 e. The Morgan fingerprint density at radius 1 is 1.23 bits per heavy atom. The summed E-state index contributed by atoms with van der Waals surface area (Å²) >= 11 is 0. The largest absolute Gasteiger partial charge is 0.476 e. The Balaban J connectivity index is 1.92. The maximum absolute atomic E-state index is 15.3. The number of nitrogens with zero attached hydrogens (tertiary/aromatic N) is 1. The summed E-state index contributed by atoms with van der Waals surface area (Å²) in [5, 5.41) is 2.53. The molecule has 166 valence electrons. The Labute approximate surface area is 180 Å². The van der Waals surface area contributed by atoms with Gasteiger partial charge >= 0.3 is 0 Å². The molecule has 2 aromatic carbocycles. The van der Waals surface area contributed by atoms with Crippen molar-refractivity contribution in [2.75, 3.05) is 16.8 Å². The normalized spacial score (nSPS) is 16.0. The summed E-state index contributed by atoms with van der Waals surface area (Å²) in [4.78, 5) is 26.4. The maximum atomic E-state index is 15.3. The van der Waals surface area contributed by atoms with Gasteiger partial charge in [-0.2, -0.15) is 0 Å². The molecule has 2 aromatic rings. The van der Waals surface area contributed by atoms with Gasteiger partial charge in [0.15, 0.2) is 17.7 Å². The molecule has 2 amide bonds. The SMILES string of the molecule is Cc1cc2c(c(F)c1NC(=O)COC(C)(C)C)OC(C)C(=O)N2Cc1ccc(F)cc1. The van der Waals surface area contributed by atoms with E-state index in [-0.39, 0.29) is 42.0 Å². The Morgan fingerprint density at radius 2 is 1.87 bits per heavy atom. The molecule has 0 aliphatic carbocycles. The van der Waals surface area contributed by atoms with Gasteiger partial charge in [-0.1, -0.05) is 12.1 Å². The van der Waals surface area contributed by atoms with E-state index < -0.39 is 23.4 Å². The van der Waals surface area contributed by atoms with E-state index in [4.69, 9.17) is 9.47 Å². The number of hydrogen-bond donors (Lipinski definition) is 1. The van der Waals surface area contributed by atoms with Crippen molar-refractivity contribution in [3.8, 4) is 5.75 Å². The fraction of sp³-hybridized carbons (Fsp3) is 0.391. The van der Waals surface area contributed by atoms with Crippen LogP contribution in [0.5, 0.6) is 5.75 Å². The molecule has 0 bridgehead atoms. The van der Waals surface area contributed by atoms with Crippen LogP contribution >= 0.6 is 0 Å². The number of benzene rings is 2. The molecule has 1 aliphatic heterocycles. The summed E-state index contributed by atoms with van der Waals surface area (Å²) in [6.45, 7) is 8.49. The van der Waals surface area contributed by atoms with Crippen LogP contribution in [-0.4, -0.2) is 30.1 Å². The minimum absolute atomic E-state index is 0.0236. The predicted molar refractivity (Wildman–Crippen MR) is 113 cm³/mol. The zero-order chi connectivity index (χ0) is 22.9. The van der Waals surface area contributed by atoms with Gasteiger partial charge in [-0.05, 0) is 63.9 Å². The Kier molecular flexibility index (Phi) is 6.31. The van der Waals surface area contributed by atoms with E-state index in [1.807, 2.05) is 20.8 Å². The average Bonchev–Trinajstić information content (AvgIpc) is 2.69. The lowest BCUT2D eigenvalue weighted by Gasteiger charge is -2.34. The monoisotopic (exact) mass is 432 g/mol.